The average molecular weight is 291 g/mol. The van der Waals surface area contributed by atoms with Gasteiger partial charge in [0, 0.05) is 39.0 Å². The fourth-order valence-corrected chi connectivity index (χ4v) is 4.19. The van der Waals surface area contributed by atoms with Gasteiger partial charge in [0.25, 0.3) is 0 Å². The van der Waals surface area contributed by atoms with Crippen molar-refractivity contribution < 1.29 is 17.9 Å². The summed E-state index contributed by atoms with van der Waals surface area (Å²) in [6.45, 7) is 2.11. The predicted octanol–water partition coefficient (Wildman–Crippen LogP) is 0.737. The predicted molar refractivity (Wildman–Crippen MR) is 74.1 cm³/mol. The summed E-state index contributed by atoms with van der Waals surface area (Å²) in [6, 6.07) is 0.279. The number of hydrogen-bond donors (Lipinski definition) is 1. The van der Waals surface area contributed by atoms with E-state index in [0.29, 0.717) is 6.61 Å². The summed E-state index contributed by atoms with van der Waals surface area (Å²) in [6.07, 6.45) is 5.80. The van der Waals surface area contributed by atoms with Gasteiger partial charge in [0.1, 0.15) is 15.4 Å². The molecule has 0 amide bonds. The highest BCUT2D eigenvalue weighted by atomic mass is 32.2. The lowest BCUT2D eigenvalue weighted by Crippen LogP contribution is -2.48. The fraction of sp³-hybridized carbons (Fsp3) is 1.00. The van der Waals surface area contributed by atoms with Crippen LogP contribution in [0.3, 0.4) is 0 Å². The van der Waals surface area contributed by atoms with Gasteiger partial charge < -0.3 is 14.8 Å². The first-order valence-electron chi connectivity index (χ1n) is 7.00. The molecule has 1 aliphatic heterocycles. The first-order chi connectivity index (χ1) is 8.95. The molecule has 6 heteroatoms. The Bertz CT molecular complexity index is 389. The summed E-state index contributed by atoms with van der Waals surface area (Å²) in [5.41, 5.74) is -0.224. The lowest BCUT2D eigenvalue weighted by atomic mass is 9.93. The van der Waals surface area contributed by atoms with Crippen molar-refractivity contribution in [3.63, 3.8) is 0 Å². The highest BCUT2D eigenvalue weighted by molar-refractivity contribution is 7.91. The van der Waals surface area contributed by atoms with Gasteiger partial charge >= 0.3 is 0 Å². The second-order valence-electron chi connectivity index (χ2n) is 5.89. The molecule has 0 radical (unpaired) electrons. The molecule has 0 spiro atoms. The summed E-state index contributed by atoms with van der Waals surface area (Å²) < 4.78 is 34.3. The van der Waals surface area contributed by atoms with E-state index in [-0.39, 0.29) is 16.9 Å². The smallest absolute Gasteiger partial charge is 0.150 e. The van der Waals surface area contributed by atoms with Gasteiger partial charge in [-0.15, -0.1) is 0 Å². The Morgan fingerprint density at radius 3 is 2.79 bits per heavy atom. The number of rotatable bonds is 5. The summed E-state index contributed by atoms with van der Waals surface area (Å²) in [5.74, 6) is 0. The quantitative estimate of drug-likeness (QED) is 0.809. The van der Waals surface area contributed by atoms with Gasteiger partial charge in [-0.05, 0) is 19.3 Å². The molecule has 0 aromatic heterocycles. The molecule has 2 aliphatic rings. The van der Waals surface area contributed by atoms with E-state index in [4.69, 9.17) is 9.47 Å². The van der Waals surface area contributed by atoms with Gasteiger partial charge in [-0.3, -0.25) is 0 Å². The van der Waals surface area contributed by atoms with Crippen molar-refractivity contribution in [2.45, 2.75) is 49.0 Å². The number of hydrogen-bond acceptors (Lipinski definition) is 5. The third-order valence-electron chi connectivity index (χ3n) is 4.44. The first-order valence-corrected chi connectivity index (χ1v) is 8.96. The van der Waals surface area contributed by atoms with Crippen LogP contribution in [-0.4, -0.2) is 58.4 Å². The minimum absolute atomic E-state index is 0.183. The molecule has 19 heavy (non-hydrogen) atoms. The molecule has 112 valence electrons. The van der Waals surface area contributed by atoms with E-state index in [2.05, 4.69) is 5.32 Å². The molecule has 0 aromatic carbocycles. The van der Waals surface area contributed by atoms with Crippen LogP contribution < -0.4 is 5.32 Å². The van der Waals surface area contributed by atoms with E-state index in [1.54, 1.807) is 7.11 Å². The molecule has 1 aliphatic carbocycles. The standard InChI is InChI=1S/C13H25NO4S/c1-17-13(6-7-18-10-13)9-14-11-4-3-5-12(8-11)19(2,15)16/h11-12,14H,3-10H2,1-2H3. The van der Waals surface area contributed by atoms with Gasteiger partial charge in [-0.1, -0.05) is 6.42 Å². The first kappa shape index (κ1) is 15.2. The topological polar surface area (TPSA) is 64.6 Å². The van der Waals surface area contributed by atoms with E-state index >= 15 is 0 Å². The van der Waals surface area contributed by atoms with Crippen molar-refractivity contribution in [1.29, 1.82) is 0 Å². The summed E-state index contributed by atoms with van der Waals surface area (Å²) in [5, 5.41) is 3.30. The highest BCUT2D eigenvalue weighted by Crippen LogP contribution is 2.26. The zero-order valence-corrected chi connectivity index (χ0v) is 12.7. The largest absolute Gasteiger partial charge is 0.378 e. The number of nitrogens with one attached hydrogen (secondary N) is 1. The van der Waals surface area contributed by atoms with Crippen LogP contribution in [0.15, 0.2) is 0 Å². The lowest BCUT2D eigenvalue weighted by Gasteiger charge is -2.33. The summed E-state index contributed by atoms with van der Waals surface area (Å²) >= 11 is 0. The Morgan fingerprint density at radius 1 is 1.42 bits per heavy atom. The normalized spacial score (nSPS) is 36.5. The molecule has 2 fully saturated rings. The summed E-state index contributed by atoms with van der Waals surface area (Å²) in [7, 11) is -1.19. The zero-order chi connectivity index (χ0) is 13.9. The molecule has 3 unspecified atom stereocenters. The third kappa shape index (κ3) is 3.90. The number of sulfone groups is 1. The van der Waals surface area contributed by atoms with E-state index < -0.39 is 9.84 Å². The Balaban J connectivity index is 1.86. The average Bonchev–Trinajstić information content (AvgIpc) is 2.85. The van der Waals surface area contributed by atoms with Crippen LogP contribution in [0.2, 0.25) is 0 Å². The van der Waals surface area contributed by atoms with Crippen LogP contribution in [0.1, 0.15) is 32.1 Å². The van der Waals surface area contributed by atoms with Crippen LogP contribution in [0.4, 0.5) is 0 Å². The number of methoxy groups -OCH3 is 1. The van der Waals surface area contributed by atoms with Crippen molar-refractivity contribution in [3.8, 4) is 0 Å². The van der Waals surface area contributed by atoms with Gasteiger partial charge in [-0.2, -0.15) is 0 Å². The maximum absolute atomic E-state index is 11.6. The monoisotopic (exact) mass is 291 g/mol. The van der Waals surface area contributed by atoms with Gasteiger partial charge in [0.2, 0.25) is 0 Å². The molecule has 1 heterocycles. The van der Waals surface area contributed by atoms with Crippen molar-refractivity contribution >= 4 is 9.84 Å². The fourth-order valence-electron chi connectivity index (χ4n) is 3.01. The second-order valence-corrected chi connectivity index (χ2v) is 8.21. The summed E-state index contributed by atoms with van der Waals surface area (Å²) in [4.78, 5) is 0. The maximum atomic E-state index is 11.6. The van der Waals surface area contributed by atoms with Crippen molar-refractivity contribution in [2.75, 3.05) is 33.1 Å². The van der Waals surface area contributed by atoms with Gasteiger partial charge in [-0.25, -0.2) is 8.42 Å². The van der Waals surface area contributed by atoms with E-state index in [1.807, 2.05) is 0 Å². The molecule has 1 N–H and O–H groups in total. The molecule has 1 saturated carbocycles. The van der Waals surface area contributed by atoms with Crippen LogP contribution in [0.5, 0.6) is 0 Å². The maximum Gasteiger partial charge on any atom is 0.150 e. The molecule has 5 nitrogen and oxygen atoms in total. The Hall–Kier alpha value is -0.170. The minimum Gasteiger partial charge on any atom is -0.378 e. The van der Waals surface area contributed by atoms with Crippen LogP contribution in [0.25, 0.3) is 0 Å². The SMILES string of the molecule is COC1(CNC2CCCC(S(C)(=O)=O)C2)CCOC1. The van der Waals surface area contributed by atoms with Gasteiger partial charge in [0.05, 0.1) is 11.9 Å². The van der Waals surface area contributed by atoms with Crippen molar-refractivity contribution in [3.05, 3.63) is 0 Å². The molecular weight excluding hydrogens is 266 g/mol. The molecule has 1 saturated heterocycles. The van der Waals surface area contributed by atoms with Gasteiger partial charge in [0.15, 0.2) is 0 Å². The Kier molecular flexibility index (Phi) is 4.87. The molecule has 0 aromatic rings. The Labute approximate surface area is 116 Å². The number of ether oxygens (including phenoxy) is 2. The second kappa shape index (κ2) is 6.08. The van der Waals surface area contributed by atoms with E-state index in [1.165, 1.54) is 6.26 Å². The third-order valence-corrected chi connectivity index (χ3v) is 6.08. The molecule has 3 atom stereocenters. The van der Waals surface area contributed by atoms with Crippen LogP contribution in [0, 0.1) is 0 Å². The molecule has 0 bridgehead atoms. The van der Waals surface area contributed by atoms with E-state index in [0.717, 1.165) is 45.3 Å². The minimum atomic E-state index is -2.91. The highest BCUT2D eigenvalue weighted by Gasteiger charge is 2.36. The lowest BCUT2D eigenvalue weighted by molar-refractivity contribution is -0.0181. The van der Waals surface area contributed by atoms with Crippen LogP contribution in [-0.2, 0) is 19.3 Å². The van der Waals surface area contributed by atoms with Crippen molar-refractivity contribution in [2.24, 2.45) is 0 Å². The molecular formula is C13H25NO4S. The van der Waals surface area contributed by atoms with Crippen molar-refractivity contribution in [1.82, 2.24) is 5.32 Å². The van der Waals surface area contributed by atoms with E-state index in [9.17, 15) is 8.42 Å². The van der Waals surface area contributed by atoms with Crippen LogP contribution >= 0.6 is 0 Å². The Morgan fingerprint density at radius 2 is 2.21 bits per heavy atom. The molecule has 2 rings (SSSR count). The zero-order valence-electron chi connectivity index (χ0n) is 11.9.